The second kappa shape index (κ2) is 13.2. The summed E-state index contributed by atoms with van der Waals surface area (Å²) in [4.78, 5) is 18.0. The Morgan fingerprint density at radius 1 is 1.00 bits per heavy atom. The predicted molar refractivity (Wildman–Crippen MR) is 142 cm³/mol. The van der Waals surface area contributed by atoms with Gasteiger partial charge >= 0.3 is 0 Å². The van der Waals surface area contributed by atoms with Crippen molar-refractivity contribution in [3.05, 3.63) is 88.9 Å². The third-order valence-electron chi connectivity index (χ3n) is 4.76. The average molecular weight is 564 g/mol. The number of benzene rings is 2. The Kier molecular flexibility index (Phi) is 10.6. The van der Waals surface area contributed by atoms with E-state index in [1.54, 1.807) is 37.2 Å². The topological polar surface area (TPSA) is 78.7 Å². The van der Waals surface area contributed by atoms with Crippen molar-refractivity contribution in [1.82, 2.24) is 16.0 Å². The Morgan fingerprint density at radius 3 is 2.53 bits per heavy atom. The number of carbonyl (C=O) groups excluding carboxylic acids is 1. The van der Waals surface area contributed by atoms with Crippen molar-refractivity contribution in [3.8, 4) is 0 Å². The van der Waals surface area contributed by atoms with Gasteiger partial charge in [-0.2, -0.15) is 0 Å². The first-order valence-electron chi connectivity index (χ1n) is 10.1. The number of halogens is 1. The van der Waals surface area contributed by atoms with E-state index < -0.39 is 0 Å². The van der Waals surface area contributed by atoms with Gasteiger partial charge in [0.05, 0.1) is 12.8 Å². The van der Waals surface area contributed by atoms with Crippen LogP contribution in [0.3, 0.4) is 0 Å². The molecule has 0 unspecified atom stereocenters. The summed E-state index contributed by atoms with van der Waals surface area (Å²) in [6, 6.07) is 17.6. The van der Waals surface area contributed by atoms with Crippen LogP contribution in [0.25, 0.3) is 0 Å². The summed E-state index contributed by atoms with van der Waals surface area (Å²) in [7, 11) is 1.75. The number of hydrogen-bond donors (Lipinski definition) is 3. The lowest BCUT2D eigenvalue weighted by atomic mass is 10.1. The standard InChI is InChI=1S/C24H28N4O2S.HI/c1-17-9-10-20(22(12-17)31-3)15-28-24(25-2)27-14-18-6-4-7-19(13-18)23(29)26-16-21-8-5-11-30-21;/h4-13H,14-16H2,1-3H3,(H,26,29)(H2,25,27,28);1H. The molecule has 0 aliphatic heterocycles. The molecule has 2 aromatic carbocycles. The van der Waals surface area contributed by atoms with E-state index in [1.165, 1.54) is 16.0 Å². The number of nitrogens with zero attached hydrogens (tertiary/aromatic N) is 1. The summed E-state index contributed by atoms with van der Waals surface area (Å²) in [5.41, 5.74) is 4.09. The number of rotatable bonds is 8. The summed E-state index contributed by atoms with van der Waals surface area (Å²) >= 11 is 1.74. The van der Waals surface area contributed by atoms with Gasteiger partial charge in [0.2, 0.25) is 0 Å². The first-order chi connectivity index (χ1) is 15.1. The summed E-state index contributed by atoms with van der Waals surface area (Å²) in [5, 5.41) is 9.54. The van der Waals surface area contributed by atoms with Gasteiger partial charge in [-0.25, -0.2) is 0 Å². The molecule has 1 aromatic heterocycles. The van der Waals surface area contributed by atoms with Gasteiger partial charge in [0.15, 0.2) is 5.96 Å². The molecule has 0 bridgehead atoms. The van der Waals surface area contributed by atoms with Crippen molar-refractivity contribution < 1.29 is 9.21 Å². The van der Waals surface area contributed by atoms with E-state index in [1.807, 2.05) is 24.3 Å². The largest absolute Gasteiger partial charge is 0.467 e. The van der Waals surface area contributed by atoms with Gasteiger partial charge in [0.1, 0.15) is 5.76 Å². The molecule has 1 heterocycles. The number of aryl methyl sites for hydroxylation is 1. The Hall–Kier alpha value is -2.46. The van der Waals surface area contributed by atoms with E-state index in [4.69, 9.17) is 4.42 Å². The monoisotopic (exact) mass is 564 g/mol. The van der Waals surface area contributed by atoms with E-state index in [0.29, 0.717) is 31.2 Å². The minimum absolute atomic E-state index is 0. The van der Waals surface area contributed by atoms with Crippen LogP contribution in [0.2, 0.25) is 0 Å². The van der Waals surface area contributed by atoms with Crippen molar-refractivity contribution in [2.24, 2.45) is 4.99 Å². The lowest BCUT2D eigenvalue weighted by Gasteiger charge is -2.14. The van der Waals surface area contributed by atoms with Gasteiger partial charge < -0.3 is 20.4 Å². The molecule has 8 heteroatoms. The Bertz CT molecular complexity index is 1040. The lowest BCUT2D eigenvalue weighted by Crippen LogP contribution is -2.36. The summed E-state index contributed by atoms with van der Waals surface area (Å²) in [6.45, 7) is 3.71. The number of thioether (sulfide) groups is 1. The van der Waals surface area contributed by atoms with Crippen LogP contribution in [0.1, 0.15) is 32.8 Å². The maximum absolute atomic E-state index is 12.4. The van der Waals surface area contributed by atoms with Gasteiger partial charge in [0, 0.05) is 30.6 Å². The number of furan rings is 1. The van der Waals surface area contributed by atoms with Crippen molar-refractivity contribution in [3.63, 3.8) is 0 Å². The zero-order valence-electron chi connectivity index (χ0n) is 18.5. The summed E-state index contributed by atoms with van der Waals surface area (Å²) < 4.78 is 5.25. The number of aliphatic imine (C=N–C) groups is 1. The third-order valence-corrected chi connectivity index (χ3v) is 5.58. The third kappa shape index (κ3) is 7.59. The summed E-state index contributed by atoms with van der Waals surface area (Å²) in [6.07, 6.45) is 3.68. The molecular formula is C24H29IN4O2S. The molecule has 0 aliphatic carbocycles. The lowest BCUT2D eigenvalue weighted by molar-refractivity contribution is 0.0948. The molecule has 1 amide bonds. The molecule has 0 aliphatic rings. The highest BCUT2D eigenvalue weighted by molar-refractivity contribution is 14.0. The molecule has 0 radical (unpaired) electrons. The molecule has 0 spiro atoms. The quantitative estimate of drug-likeness (QED) is 0.160. The van der Waals surface area contributed by atoms with Crippen LogP contribution >= 0.6 is 35.7 Å². The molecule has 3 rings (SSSR count). The molecule has 0 saturated carbocycles. The van der Waals surface area contributed by atoms with Crippen molar-refractivity contribution in [2.75, 3.05) is 13.3 Å². The Labute approximate surface area is 210 Å². The highest BCUT2D eigenvalue weighted by atomic mass is 127. The maximum Gasteiger partial charge on any atom is 0.251 e. The minimum atomic E-state index is -0.135. The molecule has 6 nitrogen and oxygen atoms in total. The van der Waals surface area contributed by atoms with Crippen molar-refractivity contribution in [1.29, 1.82) is 0 Å². The first kappa shape index (κ1) is 25.8. The van der Waals surface area contributed by atoms with E-state index in [-0.39, 0.29) is 29.9 Å². The van der Waals surface area contributed by atoms with E-state index in [2.05, 4.69) is 52.3 Å². The molecule has 170 valence electrons. The van der Waals surface area contributed by atoms with Crippen molar-refractivity contribution in [2.45, 2.75) is 31.5 Å². The molecular weight excluding hydrogens is 535 g/mol. The highest BCUT2D eigenvalue weighted by Crippen LogP contribution is 2.21. The van der Waals surface area contributed by atoms with Gasteiger partial charge in [-0.3, -0.25) is 9.79 Å². The van der Waals surface area contributed by atoms with Gasteiger partial charge in [-0.1, -0.05) is 24.3 Å². The number of carbonyl (C=O) groups is 1. The smallest absolute Gasteiger partial charge is 0.251 e. The highest BCUT2D eigenvalue weighted by Gasteiger charge is 2.08. The van der Waals surface area contributed by atoms with Crippen LogP contribution in [0.5, 0.6) is 0 Å². The van der Waals surface area contributed by atoms with E-state index in [9.17, 15) is 4.79 Å². The van der Waals surface area contributed by atoms with Crippen LogP contribution in [0.15, 0.2) is 75.2 Å². The molecule has 0 fully saturated rings. The minimum Gasteiger partial charge on any atom is -0.467 e. The second-order valence-electron chi connectivity index (χ2n) is 7.06. The SMILES string of the molecule is CN=C(NCc1cccc(C(=O)NCc2ccco2)c1)NCc1ccc(C)cc1SC.I. The summed E-state index contributed by atoms with van der Waals surface area (Å²) in [5.74, 6) is 1.30. The van der Waals surface area contributed by atoms with Crippen molar-refractivity contribution >= 4 is 47.6 Å². The Morgan fingerprint density at radius 2 is 1.81 bits per heavy atom. The van der Waals surface area contributed by atoms with Gasteiger partial charge in [0.25, 0.3) is 5.91 Å². The Balaban J connectivity index is 0.00000363. The van der Waals surface area contributed by atoms with E-state index in [0.717, 1.165) is 11.3 Å². The number of hydrogen-bond acceptors (Lipinski definition) is 4. The van der Waals surface area contributed by atoms with Gasteiger partial charge in [-0.05, 0) is 60.2 Å². The maximum atomic E-state index is 12.4. The number of nitrogens with one attached hydrogen (secondary N) is 3. The normalized spacial score (nSPS) is 10.9. The number of amides is 1. The van der Waals surface area contributed by atoms with Crippen LogP contribution in [-0.2, 0) is 19.6 Å². The van der Waals surface area contributed by atoms with Crippen LogP contribution < -0.4 is 16.0 Å². The molecule has 0 saturated heterocycles. The average Bonchev–Trinajstić information content (AvgIpc) is 3.32. The fraction of sp³-hybridized carbons (Fsp3) is 0.250. The van der Waals surface area contributed by atoms with Crippen LogP contribution in [0.4, 0.5) is 0 Å². The molecule has 3 aromatic rings. The second-order valence-corrected chi connectivity index (χ2v) is 7.91. The zero-order valence-corrected chi connectivity index (χ0v) is 21.6. The van der Waals surface area contributed by atoms with E-state index >= 15 is 0 Å². The molecule has 0 atom stereocenters. The van der Waals surface area contributed by atoms with Crippen LogP contribution in [-0.4, -0.2) is 25.2 Å². The van der Waals surface area contributed by atoms with Crippen LogP contribution in [0, 0.1) is 6.92 Å². The number of guanidine groups is 1. The zero-order chi connectivity index (χ0) is 22.1. The molecule has 3 N–H and O–H groups in total. The molecule has 32 heavy (non-hydrogen) atoms. The fourth-order valence-corrected chi connectivity index (χ4v) is 3.79. The fourth-order valence-electron chi connectivity index (χ4n) is 3.09. The first-order valence-corrected chi connectivity index (χ1v) is 11.3. The van der Waals surface area contributed by atoms with Gasteiger partial charge in [-0.15, -0.1) is 35.7 Å². The predicted octanol–water partition coefficient (Wildman–Crippen LogP) is 4.72.